The van der Waals surface area contributed by atoms with Crippen LogP contribution in [0.5, 0.6) is 0 Å². The molecule has 0 radical (unpaired) electrons. The second kappa shape index (κ2) is 11.5. The van der Waals surface area contributed by atoms with Crippen molar-refractivity contribution in [2.24, 2.45) is 0 Å². The number of aliphatic hydroxyl groups is 1. The van der Waals surface area contributed by atoms with Crippen LogP contribution in [-0.4, -0.2) is 26.9 Å². The number of amides is 1. The molecule has 0 bridgehead atoms. The van der Waals surface area contributed by atoms with E-state index in [9.17, 15) is 14.3 Å². The largest absolute Gasteiger partial charge is 0.390 e. The van der Waals surface area contributed by atoms with Crippen LogP contribution in [0.3, 0.4) is 0 Å². The van der Waals surface area contributed by atoms with Crippen molar-refractivity contribution in [2.75, 3.05) is 0 Å². The lowest BCUT2D eigenvalue weighted by Crippen LogP contribution is -2.34. The molecule has 0 saturated heterocycles. The standard InChI is InChI=1S/C33H38FN3O2/c34-25-19-17-22(18-20-25)9-8-12-23-10-4-7-16-28-31(36-37(32(23)28)26-13-2-1-3-14-26)33(39)35-30-27-15-6-5-11-24(27)21-29(30)38/h5-6,8-9,11,15,17-20,23,26,29-30,38H,1-4,7,10,12-14,16,21H2,(H,35,39)/b9-8+/t23-,29-,30+/m0/s1. The lowest BCUT2D eigenvalue weighted by molar-refractivity contribution is 0.0851. The minimum absolute atomic E-state index is 0.177. The number of nitrogens with one attached hydrogen (secondary N) is 1. The first-order valence-electron chi connectivity index (χ1n) is 14.7. The molecule has 3 aliphatic rings. The van der Waals surface area contributed by atoms with Crippen molar-refractivity contribution in [1.29, 1.82) is 0 Å². The number of hydrogen-bond acceptors (Lipinski definition) is 3. The van der Waals surface area contributed by atoms with Crippen LogP contribution >= 0.6 is 0 Å². The molecule has 1 fully saturated rings. The predicted octanol–water partition coefficient (Wildman–Crippen LogP) is 6.83. The highest BCUT2D eigenvalue weighted by Gasteiger charge is 2.36. The second-order valence-electron chi connectivity index (χ2n) is 11.5. The summed E-state index contributed by atoms with van der Waals surface area (Å²) in [5.74, 6) is -0.117. The molecule has 1 amide bonds. The van der Waals surface area contributed by atoms with E-state index < -0.39 is 12.1 Å². The van der Waals surface area contributed by atoms with Crippen LogP contribution in [0.25, 0.3) is 6.08 Å². The quantitative estimate of drug-likeness (QED) is 0.345. The van der Waals surface area contributed by atoms with Gasteiger partial charge in [0.1, 0.15) is 5.82 Å². The van der Waals surface area contributed by atoms with Gasteiger partial charge in [-0.3, -0.25) is 9.48 Å². The molecule has 1 aromatic heterocycles. The number of aliphatic hydroxyl groups excluding tert-OH is 1. The maximum Gasteiger partial charge on any atom is 0.272 e. The van der Waals surface area contributed by atoms with Gasteiger partial charge in [-0.1, -0.05) is 74.2 Å². The maximum absolute atomic E-state index is 13.8. The van der Waals surface area contributed by atoms with Crippen molar-refractivity contribution in [2.45, 2.75) is 94.7 Å². The van der Waals surface area contributed by atoms with E-state index in [1.54, 1.807) is 12.1 Å². The number of rotatable bonds is 6. The Hall–Kier alpha value is -3.25. The molecule has 6 rings (SSSR count). The molecule has 2 aromatic carbocycles. The van der Waals surface area contributed by atoms with Gasteiger partial charge in [-0.15, -0.1) is 0 Å². The second-order valence-corrected chi connectivity index (χ2v) is 11.5. The number of halogens is 1. The Bertz CT molecular complexity index is 1340. The predicted molar refractivity (Wildman–Crippen MR) is 151 cm³/mol. The molecular weight excluding hydrogens is 489 g/mol. The van der Waals surface area contributed by atoms with Gasteiger partial charge in [0.2, 0.25) is 0 Å². The SMILES string of the molecule is O=C(N[C@@H]1c2ccccc2C[C@@H]1O)c1nn(C2CCCCC2)c2c1CCCC[C@H]2C/C=C/c1ccc(F)cc1. The van der Waals surface area contributed by atoms with E-state index in [4.69, 9.17) is 5.10 Å². The fourth-order valence-corrected chi connectivity index (χ4v) is 6.91. The summed E-state index contributed by atoms with van der Waals surface area (Å²) in [4.78, 5) is 13.8. The molecule has 39 heavy (non-hydrogen) atoms. The summed E-state index contributed by atoms with van der Waals surface area (Å²) in [6, 6.07) is 14.5. The Kier molecular flexibility index (Phi) is 7.64. The molecule has 0 unspecified atom stereocenters. The van der Waals surface area contributed by atoms with Crippen LogP contribution in [0, 0.1) is 5.82 Å². The Morgan fingerprint density at radius 3 is 2.62 bits per heavy atom. The number of hydrogen-bond donors (Lipinski definition) is 2. The van der Waals surface area contributed by atoms with E-state index >= 15 is 0 Å². The zero-order valence-corrected chi connectivity index (χ0v) is 22.5. The third-order valence-corrected chi connectivity index (χ3v) is 8.89. The summed E-state index contributed by atoms with van der Waals surface area (Å²) in [7, 11) is 0. The first-order chi connectivity index (χ1) is 19.1. The van der Waals surface area contributed by atoms with Crippen LogP contribution < -0.4 is 5.32 Å². The lowest BCUT2D eigenvalue weighted by Gasteiger charge is -2.26. The average Bonchev–Trinajstić information content (AvgIpc) is 3.41. The first-order valence-corrected chi connectivity index (χ1v) is 14.7. The Balaban J connectivity index is 1.31. The number of fused-ring (bicyclic) bond motifs is 2. The fourth-order valence-electron chi connectivity index (χ4n) is 6.91. The van der Waals surface area contributed by atoms with Gasteiger partial charge in [0.15, 0.2) is 5.69 Å². The lowest BCUT2D eigenvalue weighted by atomic mass is 9.91. The Morgan fingerprint density at radius 1 is 1.03 bits per heavy atom. The van der Waals surface area contributed by atoms with Gasteiger partial charge in [0.25, 0.3) is 5.91 Å². The third kappa shape index (κ3) is 5.44. The van der Waals surface area contributed by atoms with Gasteiger partial charge in [-0.2, -0.15) is 5.10 Å². The van der Waals surface area contributed by atoms with Crippen molar-refractivity contribution < 1.29 is 14.3 Å². The molecule has 0 spiro atoms. The van der Waals surface area contributed by atoms with Crippen LogP contribution in [0.4, 0.5) is 4.39 Å². The number of carbonyl (C=O) groups is 1. The number of aromatic nitrogens is 2. The van der Waals surface area contributed by atoms with E-state index in [0.29, 0.717) is 18.2 Å². The Morgan fingerprint density at radius 2 is 1.79 bits per heavy atom. The number of allylic oxidation sites excluding steroid dienone is 1. The number of nitrogens with zero attached hydrogens (tertiary/aromatic N) is 2. The topological polar surface area (TPSA) is 67.2 Å². The molecule has 1 heterocycles. The van der Waals surface area contributed by atoms with Gasteiger partial charge in [0, 0.05) is 23.6 Å². The molecule has 1 saturated carbocycles. The molecule has 6 heteroatoms. The molecular formula is C33H38FN3O2. The van der Waals surface area contributed by atoms with Gasteiger partial charge in [-0.25, -0.2) is 4.39 Å². The molecule has 5 nitrogen and oxygen atoms in total. The van der Waals surface area contributed by atoms with Crippen molar-refractivity contribution in [3.05, 3.63) is 94.1 Å². The summed E-state index contributed by atoms with van der Waals surface area (Å²) in [6.45, 7) is 0. The fraction of sp³-hybridized carbons (Fsp3) is 0.455. The first kappa shape index (κ1) is 26.0. The molecule has 0 aliphatic heterocycles. The summed E-state index contributed by atoms with van der Waals surface area (Å²) < 4.78 is 15.6. The van der Waals surface area contributed by atoms with Gasteiger partial charge >= 0.3 is 0 Å². The summed E-state index contributed by atoms with van der Waals surface area (Å²) in [5.41, 5.74) is 5.95. The maximum atomic E-state index is 13.8. The smallest absolute Gasteiger partial charge is 0.272 e. The highest BCUT2D eigenvalue weighted by molar-refractivity contribution is 5.94. The van der Waals surface area contributed by atoms with E-state index in [1.165, 1.54) is 37.1 Å². The molecule has 2 N–H and O–H groups in total. The van der Waals surface area contributed by atoms with Crippen molar-refractivity contribution in [3.63, 3.8) is 0 Å². The van der Waals surface area contributed by atoms with Crippen LogP contribution in [-0.2, 0) is 12.8 Å². The molecule has 3 atom stereocenters. The number of benzene rings is 2. The van der Waals surface area contributed by atoms with Gasteiger partial charge in [0.05, 0.1) is 18.2 Å². The van der Waals surface area contributed by atoms with Crippen molar-refractivity contribution in [3.8, 4) is 0 Å². The van der Waals surface area contributed by atoms with Crippen molar-refractivity contribution >= 4 is 12.0 Å². The van der Waals surface area contributed by atoms with E-state index in [2.05, 4.69) is 22.2 Å². The van der Waals surface area contributed by atoms with Crippen molar-refractivity contribution in [1.82, 2.24) is 15.1 Å². The number of carbonyl (C=O) groups excluding carboxylic acids is 1. The van der Waals surface area contributed by atoms with Gasteiger partial charge < -0.3 is 10.4 Å². The summed E-state index contributed by atoms with van der Waals surface area (Å²) in [6.07, 6.45) is 15.0. The summed E-state index contributed by atoms with van der Waals surface area (Å²) >= 11 is 0. The average molecular weight is 528 g/mol. The van der Waals surface area contributed by atoms with Crippen LogP contribution in [0.2, 0.25) is 0 Å². The zero-order chi connectivity index (χ0) is 26.8. The van der Waals surface area contributed by atoms with E-state index in [-0.39, 0.29) is 17.6 Å². The normalized spacial score (nSPS) is 23.4. The van der Waals surface area contributed by atoms with Gasteiger partial charge in [-0.05, 0) is 67.3 Å². The summed E-state index contributed by atoms with van der Waals surface area (Å²) in [5, 5.41) is 19.0. The van der Waals surface area contributed by atoms with E-state index in [0.717, 1.165) is 67.2 Å². The zero-order valence-electron chi connectivity index (χ0n) is 22.5. The highest BCUT2D eigenvalue weighted by Crippen LogP contribution is 2.40. The minimum Gasteiger partial charge on any atom is -0.390 e. The molecule has 204 valence electrons. The van der Waals surface area contributed by atoms with E-state index in [1.807, 2.05) is 24.3 Å². The molecule has 3 aromatic rings. The monoisotopic (exact) mass is 527 g/mol. The highest BCUT2D eigenvalue weighted by atomic mass is 19.1. The Labute approximate surface area is 230 Å². The minimum atomic E-state index is -0.630. The van der Waals surface area contributed by atoms with Crippen LogP contribution in [0.1, 0.15) is 114 Å². The van der Waals surface area contributed by atoms with Crippen LogP contribution in [0.15, 0.2) is 54.6 Å². The molecule has 3 aliphatic carbocycles. The third-order valence-electron chi connectivity index (χ3n) is 8.89.